The number of hydrogen-bond donors (Lipinski definition) is 12. The SMILES string of the molecule is CO[C@H]1/C=C/O[C@@]2(C)Oc3c4c(O)c5c(=O)c(c6oc7cc(N8CCC(NC(=O)OCc9ccc(NC(=O)[C@H](C)NC(=O)[C@H](Cc%10ccccc%10)NC(=O)[C@H](C)NC(=O)CNC(=O)CNC(=O)CCN%10C(=O)C=CC%10=O)cc9)CC8)cc(O)c7nc-6c5c3C2=O)NC(=O)/C(C)=C\C=C\[C@H](C)[C@H](O)[C@@H](C)[C@@H](O)[C@@H](C)[C@H](OC(C)=O)[C@@]41C. The van der Waals surface area contributed by atoms with Gasteiger partial charge in [-0.15, -0.1) is 0 Å². The third-order valence-corrected chi connectivity index (χ3v) is 21.3. The lowest BCUT2D eigenvalue weighted by Gasteiger charge is -2.46. The highest BCUT2D eigenvalue weighted by Crippen LogP contribution is 2.58. The quantitative estimate of drug-likeness (QED) is 0.0197. The highest BCUT2D eigenvalue weighted by Gasteiger charge is 2.59. The number of carbonyl (C=O) groups is 12. The van der Waals surface area contributed by atoms with Crippen molar-refractivity contribution in [3.05, 3.63) is 147 Å². The van der Waals surface area contributed by atoms with Crippen LogP contribution in [-0.2, 0) is 85.3 Å². The number of methoxy groups -OCH3 is 1. The fraction of sp³-hybridized carbons (Fsp3) is 0.407. The summed E-state index contributed by atoms with van der Waals surface area (Å²) in [6.07, 6.45) is 3.65. The van der Waals surface area contributed by atoms with Crippen LogP contribution in [0.3, 0.4) is 0 Å². The molecule has 7 aliphatic rings. The lowest BCUT2D eigenvalue weighted by Crippen LogP contribution is -2.56. The van der Waals surface area contributed by atoms with Crippen molar-refractivity contribution in [1.82, 2.24) is 41.8 Å². The Morgan fingerprint density at radius 1 is 0.774 bits per heavy atom. The van der Waals surface area contributed by atoms with E-state index < -0.39 is 184 Å². The number of ketones is 1. The molecule has 1 fully saturated rings. The molecule has 1 aliphatic carbocycles. The number of alkyl carbamates (subject to hydrolysis) is 1. The molecule has 0 spiro atoms. The first kappa shape index (κ1) is 83.4. The topological polar surface area (TPSA) is 478 Å². The van der Waals surface area contributed by atoms with Gasteiger partial charge in [0.05, 0.1) is 59.6 Å². The standard InChI is InChI=1S/C81H91N11O23/c1-39-15-14-16-40(2)75(105)90-66-70(103)61-60(62-71-63(69(61)102)80(8,54(110-10)28-32-112-81(9,115-71)73(62)104)74(113-45(7)93)42(4)68(101)41(3)67(39)100)65-72(66)114-53-35-50(34-52(94)64(53)89-65)91-29-25-49(26-30-91)87-79(109)111-38-47-19-21-48(22-20-47)86-76(106)44(6)85-78(108)51(33-46-17-12-11-13-18-46)88-77(107)43(5)84-57(97)37-83-56(96)36-82-55(95)27-31-92-58(98)23-24-59(92)99/h11-24,28,32,34-35,39,41-44,49,51,54,67-68,74,94,100-102H,25-27,29-31,33,36-38H2,1-10H3,(H,82,95)(H,83,96)(H,84,97)(H,85,108)(H,86,106)(H,87,109)(H,88,107)(H,90,105)/b15-14+,32-28+,40-16-/t39-,41+,42+,43-,44-,51-,54-,67-,68+,74-,80+,81-/m0/s1. The van der Waals surface area contributed by atoms with Crippen LogP contribution in [0.15, 0.2) is 124 Å². The third kappa shape index (κ3) is 17.9. The Hall–Kier alpha value is -12.6. The minimum absolute atomic E-state index is 0.00862. The third-order valence-electron chi connectivity index (χ3n) is 21.3. The molecule has 0 saturated carbocycles. The number of aromatic hydroxyl groups is 2. The van der Waals surface area contributed by atoms with Crippen molar-refractivity contribution in [3.63, 3.8) is 0 Å². The number of aliphatic hydroxyl groups excluding tert-OH is 2. The molecule has 4 aromatic rings. The lowest BCUT2D eigenvalue weighted by atomic mass is 9.65. The number of Topliss-reactive ketones (excluding diaryl/α,β-unsaturated/α-hetero) is 1. The van der Waals surface area contributed by atoms with Crippen molar-refractivity contribution >= 4 is 110 Å². The second-order valence-electron chi connectivity index (χ2n) is 29.5. The molecule has 0 unspecified atom stereocenters. The maximum atomic E-state index is 15.7. The van der Waals surface area contributed by atoms with Crippen LogP contribution in [0.4, 0.5) is 21.9 Å². The second-order valence-corrected chi connectivity index (χ2v) is 29.5. The first-order valence-electron chi connectivity index (χ1n) is 37.4. The van der Waals surface area contributed by atoms with Crippen molar-refractivity contribution in [2.75, 3.05) is 55.4 Å². The van der Waals surface area contributed by atoms with E-state index in [1.54, 1.807) is 87.5 Å². The number of nitrogens with one attached hydrogen (secondary N) is 8. The number of anilines is 3. The van der Waals surface area contributed by atoms with Crippen LogP contribution in [0.5, 0.6) is 17.2 Å². The van der Waals surface area contributed by atoms with E-state index in [4.69, 9.17) is 33.1 Å². The zero-order valence-electron chi connectivity index (χ0n) is 64.7. The molecule has 12 atom stereocenters. The Morgan fingerprint density at radius 2 is 1.44 bits per heavy atom. The number of amides is 10. The number of ether oxygens (including phenoxy) is 5. The van der Waals surface area contributed by atoms with Crippen molar-refractivity contribution < 1.29 is 106 Å². The van der Waals surface area contributed by atoms with E-state index in [1.807, 2.05) is 4.90 Å². The smallest absolute Gasteiger partial charge is 0.407 e. The predicted octanol–water partition coefficient (Wildman–Crippen LogP) is 4.10. The summed E-state index contributed by atoms with van der Waals surface area (Å²) in [6, 6.07) is 14.1. The number of hydrogen-bond acceptors (Lipinski definition) is 25. The molecule has 34 heteroatoms. The zero-order valence-corrected chi connectivity index (χ0v) is 64.7. The average molecular weight is 1590 g/mol. The van der Waals surface area contributed by atoms with Gasteiger partial charge in [0.2, 0.25) is 40.9 Å². The number of piperidine rings is 1. The second kappa shape index (κ2) is 34.8. The van der Waals surface area contributed by atoms with Gasteiger partial charge in [-0.2, -0.15) is 0 Å². The van der Waals surface area contributed by atoms with Crippen LogP contribution in [0.1, 0.15) is 109 Å². The van der Waals surface area contributed by atoms with Crippen LogP contribution < -0.4 is 57.6 Å². The van der Waals surface area contributed by atoms with E-state index >= 15 is 9.59 Å². The van der Waals surface area contributed by atoms with Gasteiger partial charge in [-0.3, -0.25) is 62.4 Å². The normalized spacial score (nSPS) is 24.0. The molecule has 6 heterocycles. The molecular weight excluding hydrogens is 1490 g/mol. The summed E-state index contributed by atoms with van der Waals surface area (Å²) in [5.41, 5.74) is -2.70. The number of phenols is 2. The number of esters is 1. The molecule has 5 bridgehead atoms. The zero-order chi connectivity index (χ0) is 83.2. The van der Waals surface area contributed by atoms with E-state index in [9.17, 15) is 73.2 Å². The summed E-state index contributed by atoms with van der Waals surface area (Å²) in [7, 11) is 1.32. The summed E-state index contributed by atoms with van der Waals surface area (Å²) < 4.78 is 37.1. The van der Waals surface area contributed by atoms with Gasteiger partial charge in [-0.05, 0) is 69.9 Å². The van der Waals surface area contributed by atoms with Gasteiger partial charge in [0.25, 0.3) is 23.5 Å². The molecule has 11 rings (SSSR count). The fourth-order valence-corrected chi connectivity index (χ4v) is 14.8. The van der Waals surface area contributed by atoms with Gasteiger partial charge >= 0.3 is 17.8 Å². The molecule has 34 nitrogen and oxygen atoms in total. The number of fused-ring (bicyclic) bond motifs is 7. The Balaban J connectivity index is 0.737. The summed E-state index contributed by atoms with van der Waals surface area (Å²) in [5, 5.41) is 68.9. The molecular formula is C81H91N11O23. The number of aromatic nitrogens is 1. The molecule has 4 aromatic carbocycles. The summed E-state index contributed by atoms with van der Waals surface area (Å²) in [4.78, 5) is 181. The highest BCUT2D eigenvalue weighted by molar-refractivity contribution is 6.23. The first-order valence-corrected chi connectivity index (χ1v) is 37.4. The number of aliphatic hydroxyl groups is 2. The lowest BCUT2D eigenvalue weighted by molar-refractivity contribution is -0.164. The van der Waals surface area contributed by atoms with Crippen LogP contribution in [0.2, 0.25) is 0 Å². The minimum Gasteiger partial charge on any atom is -0.507 e. The molecule has 115 heavy (non-hydrogen) atoms. The van der Waals surface area contributed by atoms with E-state index in [0.717, 1.165) is 30.2 Å². The van der Waals surface area contributed by atoms with E-state index in [1.165, 1.54) is 66.0 Å². The summed E-state index contributed by atoms with van der Waals surface area (Å²) in [6.45, 7) is 12.3. The number of imide groups is 1. The predicted molar refractivity (Wildman–Crippen MR) is 413 cm³/mol. The van der Waals surface area contributed by atoms with Gasteiger partial charge in [0.1, 0.15) is 65.0 Å². The minimum atomic E-state index is -2.20. The highest BCUT2D eigenvalue weighted by atomic mass is 16.7. The largest absolute Gasteiger partial charge is 0.507 e. The van der Waals surface area contributed by atoms with Gasteiger partial charge in [-0.25, -0.2) is 9.78 Å². The summed E-state index contributed by atoms with van der Waals surface area (Å²) >= 11 is 0. The molecule has 6 aliphatic heterocycles. The van der Waals surface area contributed by atoms with Crippen molar-refractivity contribution in [2.24, 2.45) is 17.8 Å². The monoisotopic (exact) mass is 1590 g/mol. The Labute approximate surface area is 658 Å². The van der Waals surface area contributed by atoms with E-state index in [2.05, 4.69) is 42.5 Å². The van der Waals surface area contributed by atoms with Crippen LogP contribution in [-0.4, -0.2) is 196 Å². The number of benzene rings is 5. The Morgan fingerprint density at radius 3 is 2.12 bits per heavy atom. The number of rotatable bonds is 22. The van der Waals surface area contributed by atoms with Crippen molar-refractivity contribution in [1.29, 1.82) is 0 Å². The summed E-state index contributed by atoms with van der Waals surface area (Å²) in [5.74, 6) is -14.8. The molecule has 10 amide bonds. The van der Waals surface area contributed by atoms with E-state index in [0.29, 0.717) is 48.4 Å². The number of carbonyl (C=O) groups excluding carboxylic acids is 12. The number of phenolic OH excluding ortho intramolecular Hbond substituents is 2. The average Bonchev–Trinajstić information content (AvgIpc) is 1.60. The number of nitrogens with zero attached hydrogens (tertiary/aromatic N) is 3. The van der Waals surface area contributed by atoms with Crippen molar-refractivity contribution in [2.45, 2.75) is 154 Å². The van der Waals surface area contributed by atoms with Gasteiger partial charge in [-0.1, -0.05) is 81.5 Å². The maximum absolute atomic E-state index is 15.7. The first-order chi connectivity index (χ1) is 54.6. The van der Waals surface area contributed by atoms with Gasteiger partial charge in [0.15, 0.2) is 11.3 Å². The van der Waals surface area contributed by atoms with Crippen LogP contribution >= 0.6 is 0 Å². The van der Waals surface area contributed by atoms with Crippen molar-refractivity contribution in [3.8, 4) is 28.7 Å². The molecule has 0 aromatic heterocycles. The van der Waals surface area contributed by atoms with Crippen LogP contribution in [0, 0.1) is 17.8 Å². The molecule has 0 radical (unpaired) electrons. The van der Waals surface area contributed by atoms with Gasteiger partial charge in [0, 0.05) is 124 Å². The Kier molecular flexibility index (Phi) is 25.2. The molecule has 1 saturated heterocycles. The van der Waals surface area contributed by atoms with Gasteiger partial charge < -0.3 is 96.0 Å². The molecule has 608 valence electrons. The van der Waals surface area contributed by atoms with Crippen LogP contribution in [0.25, 0.3) is 33.3 Å². The Bertz CT molecular complexity index is 5020. The molecule has 12 N–H and O–H groups in total. The maximum Gasteiger partial charge on any atom is 0.407 e. The fourth-order valence-electron chi connectivity index (χ4n) is 14.8. The van der Waals surface area contributed by atoms with E-state index in [-0.39, 0.29) is 82.4 Å². The number of allylic oxidation sites excluding steroid dienone is 2.